The summed E-state index contributed by atoms with van der Waals surface area (Å²) in [6, 6.07) is 23.1. The summed E-state index contributed by atoms with van der Waals surface area (Å²) in [6.45, 7) is 0.233. The van der Waals surface area contributed by atoms with E-state index in [1.807, 2.05) is 54.6 Å². The van der Waals surface area contributed by atoms with Crippen LogP contribution in [-0.2, 0) is 0 Å². The largest absolute Gasteiger partial charge is 0.457 e. The van der Waals surface area contributed by atoms with Crippen molar-refractivity contribution in [1.82, 2.24) is 4.90 Å². The van der Waals surface area contributed by atoms with Gasteiger partial charge in [-0.3, -0.25) is 9.59 Å². The Labute approximate surface area is 184 Å². The quantitative estimate of drug-likeness (QED) is 0.490. The predicted octanol–water partition coefficient (Wildman–Crippen LogP) is 4.51. The number of para-hydroxylation sites is 2. The van der Waals surface area contributed by atoms with Crippen molar-refractivity contribution in [3.63, 3.8) is 0 Å². The van der Waals surface area contributed by atoms with Crippen molar-refractivity contribution in [3.8, 4) is 11.5 Å². The Morgan fingerprint density at radius 1 is 0.906 bits per heavy atom. The summed E-state index contributed by atoms with van der Waals surface area (Å²) in [5.74, 6) is 0.999. The van der Waals surface area contributed by atoms with Crippen LogP contribution in [0.4, 0.5) is 0 Å². The first-order valence-electron chi connectivity index (χ1n) is 10.5. The fourth-order valence-electron chi connectivity index (χ4n) is 4.16. The van der Waals surface area contributed by atoms with Crippen molar-refractivity contribution in [3.05, 3.63) is 106 Å². The summed E-state index contributed by atoms with van der Waals surface area (Å²) < 4.78 is 11.9. The molecule has 0 saturated carbocycles. The lowest BCUT2D eigenvalue weighted by Gasteiger charge is -2.25. The minimum Gasteiger partial charge on any atom is -0.457 e. The smallest absolute Gasteiger partial charge is 0.290 e. The molecule has 1 aliphatic heterocycles. The molecule has 6 nitrogen and oxygen atoms in total. The van der Waals surface area contributed by atoms with E-state index in [0.717, 1.165) is 5.56 Å². The highest BCUT2D eigenvalue weighted by Gasteiger charge is 2.42. The van der Waals surface area contributed by atoms with Gasteiger partial charge in [0.05, 0.1) is 17.0 Å². The summed E-state index contributed by atoms with van der Waals surface area (Å²) in [5, 5.41) is 9.80. The molecular weight excluding hydrogens is 406 g/mol. The van der Waals surface area contributed by atoms with Crippen LogP contribution in [0.2, 0.25) is 0 Å². The summed E-state index contributed by atoms with van der Waals surface area (Å²) in [4.78, 5) is 28.3. The number of amides is 1. The highest BCUT2D eigenvalue weighted by molar-refractivity contribution is 5.99. The van der Waals surface area contributed by atoms with E-state index >= 15 is 0 Å². The molecule has 160 valence electrons. The third kappa shape index (κ3) is 3.44. The Balaban J connectivity index is 1.63. The number of fused-ring (bicyclic) bond motifs is 2. The standard InChI is InChI=1S/C26H21NO5/c28-15-7-14-27-23(17-8-6-11-19(16-17)31-18-9-2-1-3-10-18)22-24(29)20-12-4-5-13-21(20)32-25(22)26(27)30/h1-6,8-13,16,23,28H,7,14-15H2/t23-/m1/s1. The number of aliphatic hydroxyl groups excluding tert-OH is 1. The van der Waals surface area contributed by atoms with Crippen molar-refractivity contribution < 1.29 is 19.1 Å². The van der Waals surface area contributed by atoms with E-state index in [2.05, 4.69) is 0 Å². The van der Waals surface area contributed by atoms with Crippen molar-refractivity contribution in [2.24, 2.45) is 0 Å². The van der Waals surface area contributed by atoms with Crippen LogP contribution in [0.15, 0.2) is 88.1 Å². The number of rotatable bonds is 6. The molecule has 1 atom stereocenters. The number of hydrogen-bond donors (Lipinski definition) is 1. The molecular formula is C26H21NO5. The van der Waals surface area contributed by atoms with Crippen molar-refractivity contribution in [2.75, 3.05) is 13.2 Å². The van der Waals surface area contributed by atoms with Gasteiger partial charge >= 0.3 is 0 Å². The van der Waals surface area contributed by atoms with Crippen LogP contribution in [0.25, 0.3) is 11.0 Å². The van der Waals surface area contributed by atoms with Gasteiger partial charge in [-0.2, -0.15) is 0 Å². The van der Waals surface area contributed by atoms with Crippen LogP contribution < -0.4 is 10.2 Å². The zero-order chi connectivity index (χ0) is 22.1. The number of aliphatic hydroxyl groups is 1. The second kappa shape index (κ2) is 8.32. The lowest BCUT2D eigenvalue weighted by molar-refractivity contribution is 0.0716. The average molecular weight is 427 g/mol. The predicted molar refractivity (Wildman–Crippen MR) is 120 cm³/mol. The molecule has 0 spiro atoms. The van der Waals surface area contributed by atoms with Crippen LogP contribution in [0.1, 0.15) is 34.1 Å². The van der Waals surface area contributed by atoms with Gasteiger partial charge in [-0.1, -0.05) is 42.5 Å². The SMILES string of the molecule is O=C1c2oc3ccccc3c(=O)c2[C@@H](c2cccc(Oc3ccccc3)c2)N1CCCO. The molecule has 0 unspecified atom stereocenters. The Bertz CT molecular complexity index is 1350. The molecule has 1 N–H and O–H groups in total. The van der Waals surface area contributed by atoms with E-state index < -0.39 is 6.04 Å². The van der Waals surface area contributed by atoms with Gasteiger partial charge in [0.2, 0.25) is 5.76 Å². The van der Waals surface area contributed by atoms with Crippen LogP contribution in [0, 0.1) is 0 Å². The van der Waals surface area contributed by atoms with Crippen molar-refractivity contribution >= 4 is 16.9 Å². The number of ether oxygens (including phenoxy) is 1. The molecule has 2 heterocycles. The van der Waals surface area contributed by atoms with Gasteiger partial charge in [-0.05, 0) is 48.4 Å². The minimum atomic E-state index is -0.621. The van der Waals surface area contributed by atoms with Gasteiger partial charge in [0, 0.05) is 13.2 Å². The molecule has 1 aliphatic rings. The van der Waals surface area contributed by atoms with Crippen molar-refractivity contribution in [2.45, 2.75) is 12.5 Å². The molecule has 0 aliphatic carbocycles. The summed E-state index contributed by atoms with van der Waals surface area (Å²) in [6.07, 6.45) is 0.393. The number of benzene rings is 3. The molecule has 0 bridgehead atoms. The zero-order valence-corrected chi connectivity index (χ0v) is 17.2. The van der Waals surface area contributed by atoms with E-state index in [9.17, 15) is 14.7 Å². The molecule has 3 aromatic carbocycles. The first-order valence-corrected chi connectivity index (χ1v) is 10.5. The second-order valence-corrected chi connectivity index (χ2v) is 7.64. The summed E-state index contributed by atoms with van der Waals surface area (Å²) in [7, 11) is 0. The molecule has 1 amide bonds. The van der Waals surface area contributed by atoms with Gasteiger partial charge in [0.15, 0.2) is 5.43 Å². The summed E-state index contributed by atoms with van der Waals surface area (Å²) >= 11 is 0. The number of nitrogens with zero attached hydrogens (tertiary/aromatic N) is 1. The van der Waals surface area contributed by atoms with E-state index in [-0.39, 0.29) is 23.7 Å². The van der Waals surface area contributed by atoms with E-state index in [4.69, 9.17) is 9.15 Å². The Morgan fingerprint density at radius 3 is 2.47 bits per heavy atom. The fraction of sp³-hybridized carbons (Fsp3) is 0.154. The molecule has 5 rings (SSSR count). The van der Waals surface area contributed by atoms with E-state index in [1.165, 1.54) is 0 Å². The third-order valence-corrected chi connectivity index (χ3v) is 5.58. The third-order valence-electron chi connectivity index (χ3n) is 5.58. The maximum Gasteiger partial charge on any atom is 0.290 e. The number of hydrogen-bond acceptors (Lipinski definition) is 5. The molecule has 6 heteroatoms. The number of carbonyl (C=O) groups is 1. The van der Waals surface area contributed by atoms with Gasteiger partial charge in [0.25, 0.3) is 5.91 Å². The van der Waals surface area contributed by atoms with Crippen LogP contribution >= 0.6 is 0 Å². The topological polar surface area (TPSA) is 80.0 Å². The van der Waals surface area contributed by atoms with Gasteiger partial charge in [0.1, 0.15) is 17.1 Å². The maximum absolute atomic E-state index is 13.4. The first-order chi connectivity index (χ1) is 15.7. The van der Waals surface area contributed by atoms with Gasteiger partial charge in [-0.25, -0.2) is 0 Å². The summed E-state index contributed by atoms with van der Waals surface area (Å²) in [5.41, 5.74) is 1.23. The highest BCUT2D eigenvalue weighted by Crippen LogP contribution is 2.39. The molecule has 0 fully saturated rings. The molecule has 0 saturated heterocycles. The normalized spacial score (nSPS) is 15.2. The van der Waals surface area contributed by atoms with Gasteiger partial charge < -0.3 is 19.2 Å². The maximum atomic E-state index is 13.4. The van der Waals surface area contributed by atoms with E-state index in [1.54, 1.807) is 29.2 Å². The van der Waals surface area contributed by atoms with Crippen LogP contribution in [-0.4, -0.2) is 29.1 Å². The zero-order valence-electron chi connectivity index (χ0n) is 17.2. The fourth-order valence-corrected chi connectivity index (χ4v) is 4.16. The lowest BCUT2D eigenvalue weighted by atomic mass is 9.98. The van der Waals surface area contributed by atoms with Gasteiger partial charge in [-0.15, -0.1) is 0 Å². The van der Waals surface area contributed by atoms with Crippen molar-refractivity contribution in [1.29, 1.82) is 0 Å². The first kappa shape index (κ1) is 20.0. The highest BCUT2D eigenvalue weighted by atomic mass is 16.5. The van der Waals surface area contributed by atoms with Crippen LogP contribution in [0.3, 0.4) is 0 Å². The van der Waals surface area contributed by atoms with Crippen LogP contribution in [0.5, 0.6) is 11.5 Å². The molecule has 1 aromatic heterocycles. The Morgan fingerprint density at radius 2 is 1.66 bits per heavy atom. The van der Waals surface area contributed by atoms with E-state index in [0.29, 0.717) is 41.0 Å². The second-order valence-electron chi connectivity index (χ2n) is 7.64. The molecule has 4 aromatic rings. The Kier molecular flexibility index (Phi) is 5.21. The molecule has 0 radical (unpaired) electrons. The lowest BCUT2D eigenvalue weighted by Crippen LogP contribution is -2.31. The average Bonchev–Trinajstić information content (AvgIpc) is 3.10. The minimum absolute atomic E-state index is 0.0611. The Hall–Kier alpha value is -3.90. The molecule has 32 heavy (non-hydrogen) atoms. The number of carbonyl (C=O) groups excluding carboxylic acids is 1. The monoisotopic (exact) mass is 427 g/mol.